The van der Waals surface area contributed by atoms with Crippen LogP contribution in [0.5, 0.6) is 0 Å². The molecule has 0 atom stereocenters. The van der Waals surface area contributed by atoms with Gasteiger partial charge >= 0.3 is 11.9 Å². The highest BCUT2D eigenvalue weighted by Crippen LogP contribution is 2.04. The Bertz CT molecular complexity index is 477. The van der Waals surface area contributed by atoms with Crippen molar-refractivity contribution >= 4 is 11.9 Å². The average molecular weight is 246 g/mol. The van der Waals surface area contributed by atoms with Crippen molar-refractivity contribution < 1.29 is 19.1 Å². The van der Waals surface area contributed by atoms with E-state index >= 15 is 0 Å². The molecule has 0 aliphatic carbocycles. The number of benzene rings is 1. The lowest BCUT2D eigenvalue weighted by Gasteiger charge is -1.98. The molecule has 4 heteroatoms. The molecule has 0 saturated carbocycles. The number of carbonyl (C=O) groups excluding carboxylic acids is 2. The maximum absolute atomic E-state index is 11.2. The van der Waals surface area contributed by atoms with Crippen molar-refractivity contribution in [3.8, 4) is 11.8 Å². The van der Waals surface area contributed by atoms with Gasteiger partial charge in [-0.2, -0.15) is 0 Å². The number of esters is 2. The van der Waals surface area contributed by atoms with Crippen molar-refractivity contribution in [2.75, 3.05) is 13.7 Å². The maximum Gasteiger partial charge on any atom is 0.337 e. The first-order valence-corrected chi connectivity index (χ1v) is 5.50. The summed E-state index contributed by atoms with van der Waals surface area (Å²) in [7, 11) is 1.33. The Morgan fingerprint density at radius 3 is 2.44 bits per heavy atom. The van der Waals surface area contributed by atoms with E-state index in [-0.39, 0.29) is 18.4 Å². The van der Waals surface area contributed by atoms with Crippen LogP contribution in [0.25, 0.3) is 0 Å². The van der Waals surface area contributed by atoms with Crippen LogP contribution in [-0.2, 0) is 14.3 Å². The summed E-state index contributed by atoms with van der Waals surface area (Å²) < 4.78 is 9.32. The molecule has 0 radical (unpaired) electrons. The molecule has 0 N–H and O–H groups in total. The Hall–Kier alpha value is -2.28. The molecule has 1 aromatic rings. The summed E-state index contributed by atoms with van der Waals surface area (Å²) in [5, 5.41) is 0. The van der Waals surface area contributed by atoms with Crippen LogP contribution in [-0.4, -0.2) is 25.7 Å². The number of methoxy groups -OCH3 is 1. The van der Waals surface area contributed by atoms with Gasteiger partial charge < -0.3 is 9.47 Å². The maximum atomic E-state index is 11.2. The predicted molar refractivity (Wildman–Crippen MR) is 65.9 cm³/mol. The Kier molecular flexibility index (Phi) is 5.46. The molecule has 0 heterocycles. The van der Waals surface area contributed by atoms with E-state index in [1.807, 2.05) is 0 Å². The fourth-order valence-electron chi connectivity index (χ4n) is 1.24. The highest BCUT2D eigenvalue weighted by molar-refractivity contribution is 5.89. The third kappa shape index (κ3) is 4.30. The molecule has 4 nitrogen and oxygen atoms in total. The van der Waals surface area contributed by atoms with Crippen LogP contribution >= 0.6 is 0 Å². The van der Waals surface area contributed by atoms with E-state index in [0.717, 1.165) is 5.56 Å². The fourth-order valence-corrected chi connectivity index (χ4v) is 1.24. The zero-order valence-electron chi connectivity index (χ0n) is 10.4. The van der Waals surface area contributed by atoms with Gasteiger partial charge in [-0.25, -0.2) is 4.79 Å². The fraction of sp³-hybridized carbons (Fsp3) is 0.286. The Morgan fingerprint density at radius 1 is 1.22 bits per heavy atom. The predicted octanol–water partition coefficient (Wildman–Crippen LogP) is 1.78. The number of hydrogen-bond acceptors (Lipinski definition) is 4. The highest BCUT2D eigenvalue weighted by Gasteiger charge is 2.03. The summed E-state index contributed by atoms with van der Waals surface area (Å²) in [6, 6.07) is 6.65. The van der Waals surface area contributed by atoms with E-state index in [4.69, 9.17) is 4.74 Å². The molecule has 1 aromatic carbocycles. The summed E-state index contributed by atoms with van der Waals surface area (Å²) in [6.07, 6.45) is 0.0621. The third-order valence-corrected chi connectivity index (χ3v) is 2.08. The summed E-state index contributed by atoms with van der Waals surface area (Å²) in [4.78, 5) is 22.2. The zero-order valence-corrected chi connectivity index (χ0v) is 10.4. The molecule has 0 saturated heterocycles. The average Bonchev–Trinajstić information content (AvgIpc) is 2.39. The van der Waals surface area contributed by atoms with Gasteiger partial charge in [-0.1, -0.05) is 11.8 Å². The normalized spacial score (nSPS) is 9.00. The summed E-state index contributed by atoms with van der Waals surface area (Å²) in [5.74, 6) is 4.80. The number of rotatable bonds is 3. The van der Waals surface area contributed by atoms with Gasteiger partial charge in [0, 0.05) is 5.56 Å². The highest BCUT2D eigenvalue weighted by atomic mass is 16.5. The van der Waals surface area contributed by atoms with Crippen LogP contribution < -0.4 is 0 Å². The van der Waals surface area contributed by atoms with E-state index in [1.165, 1.54) is 7.11 Å². The smallest absolute Gasteiger partial charge is 0.337 e. The Labute approximate surface area is 106 Å². The first-order chi connectivity index (χ1) is 8.67. The van der Waals surface area contributed by atoms with Crippen molar-refractivity contribution in [1.82, 2.24) is 0 Å². The topological polar surface area (TPSA) is 52.6 Å². The van der Waals surface area contributed by atoms with E-state index in [9.17, 15) is 9.59 Å². The molecule has 0 aliphatic heterocycles. The molecule has 0 spiro atoms. The molecular weight excluding hydrogens is 232 g/mol. The molecule has 0 bridgehead atoms. The minimum atomic E-state index is -0.388. The van der Waals surface area contributed by atoms with Gasteiger partial charge in [0.25, 0.3) is 0 Å². The van der Waals surface area contributed by atoms with E-state index < -0.39 is 0 Å². The minimum Gasteiger partial charge on any atom is -0.465 e. The lowest BCUT2D eigenvalue weighted by atomic mass is 10.1. The number of ether oxygens (including phenoxy) is 2. The largest absolute Gasteiger partial charge is 0.465 e. The van der Waals surface area contributed by atoms with Gasteiger partial charge in [0.05, 0.1) is 19.3 Å². The second kappa shape index (κ2) is 7.13. The van der Waals surface area contributed by atoms with Crippen molar-refractivity contribution in [2.24, 2.45) is 0 Å². The first kappa shape index (κ1) is 13.8. The van der Waals surface area contributed by atoms with Crippen LogP contribution in [0.4, 0.5) is 0 Å². The summed E-state index contributed by atoms with van der Waals surface area (Å²) in [6.45, 7) is 2.10. The molecule has 94 valence electrons. The SMILES string of the molecule is CCOC(=O)CC#Cc1ccc(C(=O)OC)cc1. The van der Waals surface area contributed by atoms with Gasteiger partial charge in [-0.3, -0.25) is 4.79 Å². The second-order valence-corrected chi connectivity index (χ2v) is 3.35. The standard InChI is InChI=1S/C14H14O4/c1-3-18-13(15)6-4-5-11-7-9-12(10-8-11)14(16)17-2/h7-10H,3,6H2,1-2H3. The lowest BCUT2D eigenvalue weighted by molar-refractivity contribution is -0.141. The van der Waals surface area contributed by atoms with Crippen molar-refractivity contribution in [3.05, 3.63) is 35.4 Å². The van der Waals surface area contributed by atoms with Crippen LogP contribution in [0.15, 0.2) is 24.3 Å². The summed E-state index contributed by atoms with van der Waals surface area (Å²) >= 11 is 0. The molecule has 0 aromatic heterocycles. The van der Waals surface area contributed by atoms with E-state index in [0.29, 0.717) is 12.2 Å². The van der Waals surface area contributed by atoms with Crippen LogP contribution in [0.1, 0.15) is 29.3 Å². The van der Waals surface area contributed by atoms with Gasteiger partial charge in [-0.15, -0.1) is 0 Å². The van der Waals surface area contributed by atoms with E-state index in [1.54, 1.807) is 31.2 Å². The second-order valence-electron chi connectivity index (χ2n) is 3.35. The van der Waals surface area contributed by atoms with Crippen LogP contribution in [0, 0.1) is 11.8 Å². The zero-order chi connectivity index (χ0) is 13.4. The molecule has 0 unspecified atom stereocenters. The van der Waals surface area contributed by atoms with Crippen LogP contribution in [0.3, 0.4) is 0 Å². The Balaban J connectivity index is 2.61. The molecule has 1 rings (SSSR count). The quantitative estimate of drug-likeness (QED) is 0.602. The summed E-state index contributed by atoms with van der Waals surface area (Å²) in [5.41, 5.74) is 1.19. The van der Waals surface area contributed by atoms with Gasteiger partial charge in [0.2, 0.25) is 0 Å². The van der Waals surface area contributed by atoms with Crippen molar-refractivity contribution in [3.63, 3.8) is 0 Å². The molecule has 0 amide bonds. The van der Waals surface area contributed by atoms with E-state index in [2.05, 4.69) is 16.6 Å². The van der Waals surface area contributed by atoms with Crippen LogP contribution in [0.2, 0.25) is 0 Å². The molecular formula is C14H14O4. The van der Waals surface area contributed by atoms with Crippen molar-refractivity contribution in [2.45, 2.75) is 13.3 Å². The monoisotopic (exact) mass is 246 g/mol. The third-order valence-electron chi connectivity index (χ3n) is 2.08. The molecule has 0 fully saturated rings. The van der Waals surface area contributed by atoms with Gasteiger partial charge in [-0.05, 0) is 31.2 Å². The molecule has 0 aliphatic rings. The number of hydrogen-bond donors (Lipinski definition) is 0. The van der Waals surface area contributed by atoms with Gasteiger partial charge in [0.15, 0.2) is 0 Å². The minimum absolute atomic E-state index is 0.0621. The lowest BCUT2D eigenvalue weighted by Crippen LogP contribution is -2.01. The number of carbonyl (C=O) groups is 2. The van der Waals surface area contributed by atoms with Gasteiger partial charge in [0.1, 0.15) is 6.42 Å². The molecule has 18 heavy (non-hydrogen) atoms. The van der Waals surface area contributed by atoms with Crippen molar-refractivity contribution in [1.29, 1.82) is 0 Å². The Morgan fingerprint density at radius 2 is 1.89 bits per heavy atom. The first-order valence-electron chi connectivity index (χ1n) is 5.50.